The fourth-order valence-electron chi connectivity index (χ4n) is 2.57. The summed E-state index contributed by atoms with van der Waals surface area (Å²) in [5.41, 5.74) is 0. The molecule has 0 aromatic heterocycles. The van der Waals surface area contributed by atoms with Crippen LogP contribution >= 0.6 is 0 Å². The quantitative estimate of drug-likeness (QED) is 0.461. The molecular formula is C16H32N2O. The maximum absolute atomic E-state index is 5.37. The molecule has 1 rings (SSSR count). The molecule has 1 fully saturated rings. The molecule has 0 aliphatic carbocycles. The first-order valence-electron chi connectivity index (χ1n) is 8.01. The zero-order valence-electron chi connectivity index (χ0n) is 12.7. The van der Waals surface area contributed by atoms with Crippen LogP contribution in [0.3, 0.4) is 0 Å². The van der Waals surface area contributed by atoms with Gasteiger partial charge in [-0.25, -0.2) is 0 Å². The molecule has 0 amide bonds. The Balaban J connectivity index is 2.08. The van der Waals surface area contributed by atoms with Crippen molar-refractivity contribution in [2.75, 3.05) is 39.4 Å². The summed E-state index contributed by atoms with van der Waals surface area (Å²) < 4.78 is 5.37. The van der Waals surface area contributed by atoms with Crippen molar-refractivity contribution >= 4 is 0 Å². The predicted molar refractivity (Wildman–Crippen MR) is 82.6 cm³/mol. The average Bonchev–Trinajstić information content (AvgIpc) is 2.44. The molecule has 1 aliphatic rings. The van der Waals surface area contributed by atoms with Gasteiger partial charge in [-0.3, -0.25) is 4.90 Å². The lowest BCUT2D eigenvalue weighted by Crippen LogP contribution is -2.42. The second-order valence-corrected chi connectivity index (χ2v) is 5.48. The van der Waals surface area contributed by atoms with E-state index in [4.69, 9.17) is 4.74 Å². The summed E-state index contributed by atoms with van der Waals surface area (Å²) in [4.78, 5) is 2.48. The number of hydrogen-bond acceptors (Lipinski definition) is 3. The van der Waals surface area contributed by atoms with Crippen molar-refractivity contribution in [3.63, 3.8) is 0 Å². The first-order valence-corrected chi connectivity index (χ1v) is 8.01. The van der Waals surface area contributed by atoms with Crippen LogP contribution in [0.25, 0.3) is 0 Å². The summed E-state index contributed by atoms with van der Waals surface area (Å²) in [6.07, 6.45) is 9.83. The SMILES string of the molecule is C=CCC(CCCCCC)NCCN1CCOCC1. The Bertz CT molecular complexity index is 215. The molecule has 0 radical (unpaired) electrons. The second kappa shape index (κ2) is 11.4. The molecule has 1 saturated heterocycles. The van der Waals surface area contributed by atoms with Crippen LogP contribution in [-0.2, 0) is 4.74 Å². The summed E-state index contributed by atoms with van der Waals surface area (Å²) in [6, 6.07) is 0.621. The molecule has 1 aliphatic heterocycles. The Labute approximate surface area is 119 Å². The number of ether oxygens (including phenoxy) is 1. The molecule has 1 unspecified atom stereocenters. The van der Waals surface area contributed by atoms with E-state index in [1.54, 1.807) is 0 Å². The Hall–Kier alpha value is -0.380. The number of morpholine rings is 1. The van der Waals surface area contributed by atoms with Gasteiger partial charge in [-0.2, -0.15) is 0 Å². The van der Waals surface area contributed by atoms with Crippen molar-refractivity contribution in [1.82, 2.24) is 10.2 Å². The van der Waals surface area contributed by atoms with Crippen LogP contribution in [0.4, 0.5) is 0 Å². The lowest BCUT2D eigenvalue weighted by atomic mass is 10.0. The van der Waals surface area contributed by atoms with Crippen LogP contribution in [0, 0.1) is 0 Å². The highest BCUT2D eigenvalue weighted by atomic mass is 16.5. The lowest BCUT2D eigenvalue weighted by molar-refractivity contribution is 0.0381. The molecule has 1 atom stereocenters. The number of nitrogens with one attached hydrogen (secondary N) is 1. The fraction of sp³-hybridized carbons (Fsp3) is 0.875. The predicted octanol–water partition coefficient (Wildman–Crippen LogP) is 2.82. The molecule has 0 spiro atoms. The van der Waals surface area contributed by atoms with Crippen LogP contribution in [0.1, 0.15) is 45.4 Å². The highest BCUT2D eigenvalue weighted by Gasteiger charge is 2.11. The Morgan fingerprint density at radius 2 is 2.05 bits per heavy atom. The molecular weight excluding hydrogens is 236 g/mol. The molecule has 1 heterocycles. The third-order valence-electron chi connectivity index (χ3n) is 3.82. The van der Waals surface area contributed by atoms with E-state index in [-0.39, 0.29) is 0 Å². The minimum absolute atomic E-state index is 0.621. The maximum atomic E-state index is 5.37. The fourth-order valence-corrected chi connectivity index (χ4v) is 2.57. The summed E-state index contributed by atoms with van der Waals surface area (Å²) in [7, 11) is 0. The van der Waals surface area contributed by atoms with Crippen LogP contribution in [-0.4, -0.2) is 50.3 Å². The molecule has 0 aromatic carbocycles. The van der Waals surface area contributed by atoms with Crippen molar-refractivity contribution < 1.29 is 4.74 Å². The standard InChI is InChI=1S/C16H32N2O/c1-3-5-6-7-9-16(8-4-2)17-10-11-18-12-14-19-15-13-18/h4,16-17H,2-3,5-15H2,1H3. The Kier molecular flexibility index (Phi) is 10.0. The summed E-state index contributed by atoms with van der Waals surface area (Å²) >= 11 is 0. The zero-order chi connectivity index (χ0) is 13.8. The average molecular weight is 268 g/mol. The minimum atomic E-state index is 0.621. The summed E-state index contributed by atoms with van der Waals surface area (Å²) in [6.45, 7) is 12.3. The van der Waals surface area contributed by atoms with E-state index < -0.39 is 0 Å². The molecule has 0 saturated carbocycles. The van der Waals surface area contributed by atoms with Gasteiger partial charge >= 0.3 is 0 Å². The van der Waals surface area contributed by atoms with Crippen molar-refractivity contribution in [1.29, 1.82) is 0 Å². The van der Waals surface area contributed by atoms with Gasteiger partial charge in [0.15, 0.2) is 0 Å². The highest BCUT2D eigenvalue weighted by Crippen LogP contribution is 2.08. The lowest BCUT2D eigenvalue weighted by Gasteiger charge is -2.27. The van der Waals surface area contributed by atoms with E-state index in [2.05, 4.69) is 23.7 Å². The molecule has 19 heavy (non-hydrogen) atoms. The summed E-state index contributed by atoms with van der Waals surface area (Å²) in [5, 5.41) is 3.69. The van der Waals surface area contributed by atoms with Crippen LogP contribution in [0.2, 0.25) is 0 Å². The van der Waals surface area contributed by atoms with Gasteiger partial charge < -0.3 is 10.1 Å². The van der Waals surface area contributed by atoms with Gasteiger partial charge in [0.2, 0.25) is 0 Å². The van der Waals surface area contributed by atoms with Gasteiger partial charge in [0.1, 0.15) is 0 Å². The molecule has 112 valence electrons. The Morgan fingerprint density at radius 1 is 1.26 bits per heavy atom. The van der Waals surface area contributed by atoms with Crippen LogP contribution in [0.15, 0.2) is 12.7 Å². The van der Waals surface area contributed by atoms with E-state index >= 15 is 0 Å². The topological polar surface area (TPSA) is 24.5 Å². The van der Waals surface area contributed by atoms with Crippen molar-refractivity contribution in [3.8, 4) is 0 Å². The Morgan fingerprint density at radius 3 is 2.74 bits per heavy atom. The third kappa shape index (κ3) is 8.40. The van der Waals surface area contributed by atoms with Gasteiger partial charge in [0.25, 0.3) is 0 Å². The zero-order valence-corrected chi connectivity index (χ0v) is 12.7. The second-order valence-electron chi connectivity index (χ2n) is 5.48. The van der Waals surface area contributed by atoms with E-state index in [0.29, 0.717) is 6.04 Å². The van der Waals surface area contributed by atoms with Gasteiger partial charge in [0.05, 0.1) is 13.2 Å². The minimum Gasteiger partial charge on any atom is -0.379 e. The first kappa shape index (κ1) is 16.7. The number of unbranched alkanes of at least 4 members (excludes halogenated alkanes) is 3. The van der Waals surface area contributed by atoms with Crippen LogP contribution < -0.4 is 5.32 Å². The molecule has 3 heteroatoms. The molecule has 0 aromatic rings. The van der Waals surface area contributed by atoms with E-state index in [0.717, 1.165) is 45.8 Å². The highest BCUT2D eigenvalue weighted by molar-refractivity contribution is 4.78. The van der Waals surface area contributed by atoms with E-state index in [9.17, 15) is 0 Å². The maximum Gasteiger partial charge on any atom is 0.0594 e. The van der Waals surface area contributed by atoms with Gasteiger partial charge in [-0.15, -0.1) is 6.58 Å². The van der Waals surface area contributed by atoms with E-state index in [1.807, 2.05) is 6.08 Å². The first-order chi connectivity index (χ1) is 9.36. The number of nitrogens with zero attached hydrogens (tertiary/aromatic N) is 1. The molecule has 0 bridgehead atoms. The summed E-state index contributed by atoms with van der Waals surface area (Å²) in [5.74, 6) is 0. The molecule has 3 nitrogen and oxygen atoms in total. The van der Waals surface area contributed by atoms with Crippen molar-refractivity contribution in [2.45, 2.75) is 51.5 Å². The van der Waals surface area contributed by atoms with Gasteiger partial charge in [-0.05, 0) is 12.8 Å². The number of rotatable bonds is 11. The number of hydrogen-bond donors (Lipinski definition) is 1. The van der Waals surface area contributed by atoms with Crippen molar-refractivity contribution in [3.05, 3.63) is 12.7 Å². The van der Waals surface area contributed by atoms with Crippen molar-refractivity contribution in [2.24, 2.45) is 0 Å². The largest absolute Gasteiger partial charge is 0.379 e. The smallest absolute Gasteiger partial charge is 0.0594 e. The van der Waals surface area contributed by atoms with Crippen LogP contribution in [0.5, 0.6) is 0 Å². The van der Waals surface area contributed by atoms with Gasteiger partial charge in [0, 0.05) is 32.2 Å². The van der Waals surface area contributed by atoms with E-state index in [1.165, 1.54) is 32.1 Å². The monoisotopic (exact) mass is 268 g/mol. The van der Waals surface area contributed by atoms with Gasteiger partial charge in [-0.1, -0.05) is 38.7 Å². The normalized spacial score (nSPS) is 18.4. The molecule has 1 N–H and O–H groups in total. The third-order valence-corrected chi connectivity index (χ3v) is 3.82.